The summed E-state index contributed by atoms with van der Waals surface area (Å²) >= 11 is 0. The van der Waals surface area contributed by atoms with E-state index in [9.17, 15) is 21.9 Å². The zero-order valence-electron chi connectivity index (χ0n) is 16.9. The summed E-state index contributed by atoms with van der Waals surface area (Å²) in [5, 5.41) is 14.7. The number of nitrogens with two attached hydrogens (primary N) is 1. The highest BCUT2D eigenvalue weighted by Gasteiger charge is 2.45. The van der Waals surface area contributed by atoms with Crippen molar-refractivity contribution in [1.29, 1.82) is 0 Å². The van der Waals surface area contributed by atoms with E-state index in [-0.39, 0.29) is 36.6 Å². The molecule has 2 saturated heterocycles. The van der Waals surface area contributed by atoms with Crippen molar-refractivity contribution in [2.24, 2.45) is 11.1 Å². The van der Waals surface area contributed by atoms with Gasteiger partial charge in [0.05, 0.1) is 5.75 Å². The van der Waals surface area contributed by atoms with Crippen LogP contribution in [0.25, 0.3) is 0 Å². The number of piperidine rings is 2. The van der Waals surface area contributed by atoms with Gasteiger partial charge in [0.2, 0.25) is 10.0 Å². The Morgan fingerprint density at radius 3 is 2.77 bits per heavy atom. The minimum Gasteiger partial charge on any atom is -0.508 e. The smallest absolute Gasteiger partial charge is 0.274 e. The van der Waals surface area contributed by atoms with Crippen molar-refractivity contribution >= 4 is 20.2 Å². The fourth-order valence-electron chi connectivity index (χ4n) is 5.33. The van der Waals surface area contributed by atoms with Crippen LogP contribution >= 0.6 is 0 Å². The average molecular weight is 459 g/mol. The molecule has 3 heterocycles. The first-order valence-electron chi connectivity index (χ1n) is 10.5. The molecular weight excluding hydrogens is 428 g/mol. The van der Waals surface area contributed by atoms with E-state index < -0.39 is 20.2 Å². The second kappa shape index (κ2) is 8.36. The molecule has 1 aromatic rings. The molecule has 4 rings (SSSR count). The SMILES string of the molecule is NS(=O)(=O)NCCCS(=O)(=O)N1CCC[C@@H]2CN3CCc4cc(O)ccc4[C@@H]3C[C@@H]21. The Morgan fingerprint density at radius 1 is 1.20 bits per heavy atom. The van der Waals surface area contributed by atoms with Crippen molar-refractivity contribution in [2.45, 2.75) is 44.2 Å². The predicted molar refractivity (Wildman–Crippen MR) is 113 cm³/mol. The molecule has 9 nitrogen and oxygen atoms in total. The van der Waals surface area contributed by atoms with Gasteiger partial charge < -0.3 is 5.11 Å². The summed E-state index contributed by atoms with van der Waals surface area (Å²) in [6.45, 7) is 2.33. The Labute approximate surface area is 178 Å². The Bertz CT molecular complexity index is 998. The molecule has 0 bridgehead atoms. The molecule has 30 heavy (non-hydrogen) atoms. The van der Waals surface area contributed by atoms with Crippen LogP contribution in [0, 0.1) is 5.92 Å². The van der Waals surface area contributed by atoms with Crippen LogP contribution in [-0.2, 0) is 26.7 Å². The van der Waals surface area contributed by atoms with Gasteiger partial charge in [-0.1, -0.05) is 6.07 Å². The molecule has 0 spiro atoms. The molecule has 11 heteroatoms. The first-order chi connectivity index (χ1) is 14.1. The summed E-state index contributed by atoms with van der Waals surface area (Å²) in [6, 6.07) is 5.63. The molecule has 0 aromatic heterocycles. The Balaban J connectivity index is 1.49. The van der Waals surface area contributed by atoms with Gasteiger partial charge in [0.25, 0.3) is 10.2 Å². The quantitative estimate of drug-likeness (QED) is 0.525. The predicted octanol–water partition coefficient (Wildman–Crippen LogP) is 0.289. The standard InChI is InChI=1S/C19H30N4O5S2/c20-30(27,28)21-7-2-10-29(25,26)23-8-1-3-15-13-22-9-6-14-11-16(24)4-5-17(14)19(22)12-18(15)23/h4-5,11,15,18-19,21,24H,1-3,6-10,12-13H2,(H2,20,27,28)/t15-,18+,19+/m1/s1. The molecule has 0 aliphatic carbocycles. The number of phenolic OH excluding ortho intramolecular Hbond substituents is 1. The average Bonchev–Trinajstić information content (AvgIpc) is 2.68. The largest absolute Gasteiger partial charge is 0.508 e. The van der Waals surface area contributed by atoms with Crippen molar-refractivity contribution in [2.75, 3.05) is 31.9 Å². The normalized spacial score (nSPS) is 27.8. The third-order valence-electron chi connectivity index (χ3n) is 6.64. The number of fused-ring (bicyclic) bond motifs is 4. The monoisotopic (exact) mass is 458 g/mol. The van der Waals surface area contributed by atoms with Gasteiger partial charge in [0.15, 0.2) is 0 Å². The molecule has 0 saturated carbocycles. The van der Waals surface area contributed by atoms with E-state index in [0.717, 1.165) is 44.3 Å². The maximum Gasteiger partial charge on any atom is 0.274 e. The molecule has 2 fully saturated rings. The number of nitrogens with zero attached hydrogens (tertiary/aromatic N) is 2. The maximum atomic E-state index is 13.1. The van der Waals surface area contributed by atoms with Crippen LogP contribution in [0.1, 0.15) is 42.9 Å². The van der Waals surface area contributed by atoms with E-state index in [1.807, 2.05) is 12.1 Å². The fourth-order valence-corrected chi connectivity index (χ4v) is 7.58. The molecule has 3 aliphatic heterocycles. The van der Waals surface area contributed by atoms with Crippen molar-refractivity contribution in [1.82, 2.24) is 13.9 Å². The topological polar surface area (TPSA) is 133 Å². The number of hydrogen-bond acceptors (Lipinski definition) is 6. The number of benzene rings is 1. The van der Waals surface area contributed by atoms with Gasteiger partial charge in [-0.3, -0.25) is 4.90 Å². The number of sulfonamides is 1. The maximum absolute atomic E-state index is 13.1. The minimum atomic E-state index is -3.81. The molecule has 168 valence electrons. The van der Waals surface area contributed by atoms with Crippen molar-refractivity contribution < 1.29 is 21.9 Å². The lowest BCUT2D eigenvalue weighted by Gasteiger charge is -2.51. The Hall–Kier alpha value is -1.24. The second-order valence-electron chi connectivity index (χ2n) is 8.57. The highest BCUT2D eigenvalue weighted by Crippen LogP contribution is 2.44. The van der Waals surface area contributed by atoms with E-state index in [1.54, 1.807) is 10.4 Å². The van der Waals surface area contributed by atoms with Crippen molar-refractivity contribution in [3.63, 3.8) is 0 Å². The number of aromatic hydroxyl groups is 1. The van der Waals surface area contributed by atoms with Crippen LogP contribution < -0.4 is 9.86 Å². The van der Waals surface area contributed by atoms with Gasteiger partial charge >= 0.3 is 0 Å². The third-order valence-corrected chi connectivity index (χ3v) is 9.21. The molecule has 3 atom stereocenters. The van der Waals surface area contributed by atoms with Crippen molar-refractivity contribution in [3.05, 3.63) is 29.3 Å². The van der Waals surface area contributed by atoms with Crippen LogP contribution in [0.3, 0.4) is 0 Å². The molecular formula is C19H30N4O5S2. The van der Waals surface area contributed by atoms with E-state index in [0.29, 0.717) is 12.5 Å². The zero-order chi connectivity index (χ0) is 21.5. The second-order valence-corrected chi connectivity index (χ2v) is 12.0. The van der Waals surface area contributed by atoms with Gasteiger partial charge in [-0.15, -0.1) is 0 Å². The Morgan fingerprint density at radius 2 is 2.00 bits per heavy atom. The lowest BCUT2D eigenvalue weighted by atomic mass is 9.77. The molecule has 1 aromatic carbocycles. The zero-order valence-corrected chi connectivity index (χ0v) is 18.5. The van der Waals surface area contributed by atoms with Crippen LogP contribution in [-0.4, -0.2) is 69.1 Å². The van der Waals surface area contributed by atoms with Gasteiger partial charge in [-0.2, -0.15) is 12.7 Å². The first kappa shape index (κ1) is 22.0. The summed E-state index contributed by atoms with van der Waals surface area (Å²) in [5.74, 6) is 0.481. The van der Waals surface area contributed by atoms with Gasteiger partial charge in [0.1, 0.15) is 5.75 Å². The molecule has 4 N–H and O–H groups in total. The van der Waals surface area contributed by atoms with E-state index >= 15 is 0 Å². The van der Waals surface area contributed by atoms with E-state index in [4.69, 9.17) is 5.14 Å². The lowest BCUT2D eigenvalue weighted by Crippen LogP contribution is -2.57. The van der Waals surface area contributed by atoms with Crippen LogP contribution in [0.15, 0.2) is 18.2 Å². The van der Waals surface area contributed by atoms with Crippen LogP contribution in [0.4, 0.5) is 0 Å². The van der Waals surface area contributed by atoms with Gasteiger partial charge in [-0.05, 0) is 61.3 Å². The fraction of sp³-hybridized carbons (Fsp3) is 0.684. The number of phenols is 1. The number of nitrogens with one attached hydrogen (secondary N) is 1. The number of rotatable bonds is 6. The summed E-state index contributed by atoms with van der Waals surface area (Å²) in [6.07, 6.45) is 3.70. The van der Waals surface area contributed by atoms with Crippen LogP contribution in [0.5, 0.6) is 5.75 Å². The minimum absolute atomic E-state index is 0.00721. The highest BCUT2D eigenvalue weighted by atomic mass is 32.2. The third kappa shape index (κ3) is 4.66. The van der Waals surface area contributed by atoms with E-state index in [1.165, 1.54) is 5.56 Å². The summed E-state index contributed by atoms with van der Waals surface area (Å²) in [4.78, 5) is 2.46. The summed E-state index contributed by atoms with van der Waals surface area (Å²) < 4.78 is 52.0. The van der Waals surface area contributed by atoms with Gasteiger partial charge in [0, 0.05) is 38.3 Å². The van der Waals surface area contributed by atoms with Crippen LogP contribution in [0.2, 0.25) is 0 Å². The molecule has 0 radical (unpaired) electrons. The first-order valence-corrected chi connectivity index (χ1v) is 13.6. The molecule has 3 aliphatic rings. The van der Waals surface area contributed by atoms with Crippen molar-refractivity contribution in [3.8, 4) is 5.75 Å². The molecule has 0 amide bonds. The lowest BCUT2D eigenvalue weighted by molar-refractivity contribution is 0.0219. The molecule has 0 unspecified atom stereocenters. The number of hydrogen-bond donors (Lipinski definition) is 3. The van der Waals surface area contributed by atoms with E-state index in [2.05, 4.69) is 9.62 Å². The Kier molecular flexibility index (Phi) is 6.12. The highest BCUT2D eigenvalue weighted by molar-refractivity contribution is 7.89. The summed E-state index contributed by atoms with van der Waals surface area (Å²) in [7, 11) is -7.31. The summed E-state index contributed by atoms with van der Waals surface area (Å²) in [5.41, 5.74) is 2.34. The van der Waals surface area contributed by atoms with Gasteiger partial charge in [-0.25, -0.2) is 18.3 Å².